The van der Waals surface area contributed by atoms with E-state index < -0.39 is 0 Å². The number of rotatable bonds is 2. The van der Waals surface area contributed by atoms with E-state index in [2.05, 4.69) is 26.1 Å². The van der Waals surface area contributed by atoms with Gasteiger partial charge in [0.15, 0.2) is 0 Å². The minimum atomic E-state index is 0.435. The van der Waals surface area contributed by atoms with Gasteiger partial charge in [-0.3, -0.25) is 0 Å². The maximum Gasteiger partial charge on any atom is 0.143 e. The van der Waals surface area contributed by atoms with Crippen molar-refractivity contribution in [2.75, 3.05) is 13.2 Å². The van der Waals surface area contributed by atoms with Gasteiger partial charge in [0.1, 0.15) is 11.6 Å². The Hall–Kier alpha value is -0.420. The van der Waals surface area contributed by atoms with Crippen molar-refractivity contribution in [2.45, 2.75) is 17.7 Å². The molecule has 2 rings (SSSR count). The molecule has 0 bridgehead atoms. The van der Waals surface area contributed by atoms with Crippen LogP contribution in [0.2, 0.25) is 0 Å². The van der Waals surface area contributed by atoms with E-state index in [9.17, 15) is 0 Å². The number of ether oxygens (including phenoxy) is 1. The molecule has 1 unspecified atom stereocenters. The number of hydrogen-bond donors (Lipinski definition) is 0. The van der Waals surface area contributed by atoms with Crippen LogP contribution in [0.1, 0.15) is 24.0 Å². The molecule has 0 aliphatic carbocycles. The van der Waals surface area contributed by atoms with Gasteiger partial charge in [-0.1, -0.05) is 15.9 Å². The molecule has 1 aromatic heterocycles. The zero-order valence-electron chi connectivity index (χ0n) is 7.53. The molecule has 1 saturated heterocycles. The van der Waals surface area contributed by atoms with Gasteiger partial charge >= 0.3 is 0 Å². The Kier molecular flexibility index (Phi) is 2.64. The van der Waals surface area contributed by atoms with Crippen LogP contribution in [0.15, 0.2) is 0 Å². The van der Waals surface area contributed by atoms with Gasteiger partial charge in [0.25, 0.3) is 0 Å². The Morgan fingerprint density at radius 3 is 3.00 bits per heavy atom. The molecule has 0 spiro atoms. The average Bonchev–Trinajstić information content (AvgIpc) is 2.72. The van der Waals surface area contributed by atoms with Crippen LogP contribution in [0.3, 0.4) is 0 Å². The van der Waals surface area contributed by atoms with E-state index in [1.165, 1.54) is 0 Å². The highest BCUT2D eigenvalue weighted by atomic mass is 79.9. The first-order valence-corrected chi connectivity index (χ1v) is 5.47. The van der Waals surface area contributed by atoms with Crippen LogP contribution in [-0.4, -0.2) is 28.0 Å². The highest BCUT2D eigenvalue weighted by molar-refractivity contribution is 9.08. The van der Waals surface area contributed by atoms with Crippen molar-refractivity contribution in [1.82, 2.24) is 14.8 Å². The number of nitrogens with zero attached hydrogens (tertiary/aromatic N) is 3. The van der Waals surface area contributed by atoms with Crippen LogP contribution in [0.5, 0.6) is 0 Å². The Bertz CT molecular complexity index is 294. The van der Waals surface area contributed by atoms with Crippen LogP contribution >= 0.6 is 15.9 Å². The Balaban J connectivity index is 2.24. The van der Waals surface area contributed by atoms with Gasteiger partial charge in [-0.15, -0.1) is 10.2 Å². The van der Waals surface area contributed by atoms with Gasteiger partial charge in [-0.25, -0.2) is 0 Å². The summed E-state index contributed by atoms with van der Waals surface area (Å²) < 4.78 is 7.37. The van der Waals surface area contributed by atoms with E-state index in [0.717, 1.165) is 36.6 Å². The molecule has 1 aliphatic heterocycles. The molecule has 1 aromatic rings. The lowest BCUT2D eigenvalue weighted by atomic mass is 10.1. The zero-order valence-corrected chi connectivity index (χ0v) is 9.12. The maximum absolute atomic E-state index is 5.32. The highest BCUT2D eigenvalue weighted by Gasteiger charge is 2.23. The fraction of sp³-hybridized carbons (Fsp3) is 0.750. The third kappa shape index (κ3) is 1.62. The first kappa shape index (κ1) is 9.15. The number of aromatic nitrogens is 3. The minimum absolute atomic E-state index is 0.435. The summed E-state index contributed by atoms with van der Waals surface area (Å²) in [6.45, 7) is 1.63. The third-order valence-electron chi connectivity index (χ3n) is 2.41. The summed E-state index contributed by atoms with van der Waals surface area (Å²) in [6, 6.07) is 0. The lowest BCUT2D eigenvalue weighted by molar-refractivity contribution is 0.192. The molecule has 5 heteroatoms. The molecule has 1 fully saturated rings. The van der Waals surface area contributed by atoms with Crippen molar-refractivity contribution >= 4 is 15.9 Å². The molecule has 0 saturated carbocycles. The van der Waals surface area contributed by atoms with Crippen molar-refractivity contribution in [2.24, 2.45) is 7.05 Å². The lowest BCUT2D eigenvalue weighted by Crippen LogP contribution is -2.07. The fourth-order valence-electron chi connectivity index (χ4n) is 1.59. The van der Waals surface area contributed by atoms with Gasteiger partial charge in [0.05, 0.1) is 11.9 Å². The summed E-state index contributed by atoms with van der Waals surface area (Å²) in [5.41, 5.74) is 0. The number of hydrogen-bond acceptors (Lipinski definition) is 3. The average molecular weight is 246 g/mol. The molecule has 4 nitrogen and oxygen atoms in total. The maximum atomic E-state index is 5.32. The first-order chi connectivity index (χ1) is 6.33. The van der Waals surface area contributed by atoms with Crippen molar-refractivity contribution in [3.05, 3.63) is 11.6 Å². The molecule has 0 radical (unpaired) electrons. The summed E-state index contributed by atoms with van der Waals surface area (Å²) in [4.78, 5) is 0. The molecule has 1 atom stereocenters. The second kappa shape index (κ2) is 3.75. The van der Waals surface area contributed by atoms with Gasteiger partial charge in [-0.2, -0.15) is 0 Å². The Morgan fingerprint density at radius 1 is 1.62 bits per heavy atom. The summed E-state index contributed by atoms with van der Waals surface area (Å²) >= 11 is 3.38. The predicted octanol–water partition coefficient (Wildman–Crippen LogP) is 1.21. The van der Waals surface area contributed by atoms with Gasteiger partial charge in [-0.05, 0) is 6.42 Å². The SMILES string of the molecule is Cn1c(CBr)nnc1C1CCOC1. The summed E-state index contributed by atoms with van der Waals surface area (Å²) in [7, 11) is 2.00. The topological polar surface area (TPSA) is 39.9 Å². The standard InChI is InChI=1S/C8H12BrN3O/c1-12-7(4-9)10-11-8(12)6-2-3-13-5-6/h6H,2-5H2,1H3. The van der Waals surface area contributed by atoms with Crippen LogP contribution in [0.4, 0.5) is 0 Å². The van der Waals surface area contributed by atoms with E-state index in [1.807, 2.05) is 11.6 Å². The third-order valence-corrected chi connectivity index (χ3v) is 2.91. The van der Waals surface area contributed by atoms with Crippen molar-refractivity contribution < 1.29 is 4.74 Å². The lowest BCUT2D eigenvalue weighted by Gasteiger charge is -2.06. The van der Waals surface area contributed by atoms with Crippen molar-refractivity contribution in [1.29, 1.82) is 0 Å². The van der Waals surface area contributed by atoms with Crippen molar-refractivity contribution in [3.8, 4) is 0 Å². The highest BCUT2D eigenvalue weighted by Crippen LogP contribution is 2.23. The van der Waals surface area contributed by atoms with Crippen LogP contribution < -0.4 is 0 Å². The molecule has 1 aliphatic rings. The van der Waals surface area contributed by atoms with E-state index >= 15 is 0 Å². The quantitative estimate of drug-likeness (QED) is 0.736. The molecular weight excluding hydrogens is 234 g/mol. The molecule has 72 valence electrons. The largest absolute Gasteiger partial charge is 0.381 e. The fourth-order valence-corrected chi connectivity index (χ4v) is 2.07. The summed E-state index contributed by atoms with van der Waals surface area (Å²) in [6.07, 6.45) is 1.06. The molecule has 13 heavy (non-hydrogen) atoms. The Labute approximate surface area is 85.4 Å². The zero-order chi connectivity index (χ0) is 9.26. The van der Waals surface area contributed by atoms with Crippen LogP contribution in [-0.2, 0) is 17.1 Å². The second-order valence-corrected chi connectivity index (χ2v) is 3.79. The molecule has 0 N–H and O–H groups in total. The van der Waals surface area contributed by atoms with Crippen molar-refractivity contribution in [3.63, 3.8) is 0 Å². The summed E-state index contributed by atoms with van der Waals surface area (Å²) in [5, 5.41) is 9.01. The normalized spacial score (nSPS) is 22.5. The van der Waals surface area contributed by atoms with E-state index in [4.69, 9.17) is 4.74 Å². The predicted molar refractivity (Wildman–Crippen MR) is 51.8 cm³/mol. The van der Waals surface area contributed by atoms with Crippen LogP contribution in [0, 0.1) is 0 Å². The number of halogens is 1. The Morgan fingerprint density at radius 2 is 2.46 bits per heavy atom. The van der Waals surface area contributed by atoms with Gasteiger partial charge in [0.2, 0.25) is 0 Å². The molecule has 2 heterocycles. The second-order valence-electron chi connectivity index (χ2n) is 3.23. The van der Waals surface area contributed by atoms with E-state index in [-0.39, 0.29) is 0 Å². The molecule has 0 amide bonds. The summed E-state index contributed by atoms with van der Waals surface area (Å²) in [5.74, 6) is 2.46. The van der Waals surface area contributed by atoms with Crippen LogP contribution in [0.25, 0.3) is 0 Å². The molecule has 0 aromatic carbocycles. The van der Waals surface area contributed by atoms with Gasteiger partial charge in [0, 0.05) is 19.6 Å². The van der Waals surface area contributed by atoms with E-state index in [1.54, 1.807) is 0 Å². The van der Waals surface area contributed by atoms with E-state index in [0.29, 0.717) is 5.92 Å². The van der Waals surface area contributed by atoms with Gasteiger partial charge < -0.3 is 9.30 Å². The molecular formula is C8H12BrN3O. The minimum Gasteiger partial charge on any atom is -0.381 e. The monoisotopic (exact) mass is 245 g/mol. The first-order valence-electron chi connectivity index (χ1n) is 4.34. The number of alkyl halides is 1. The smallest absolute Gasteiger partial charge is 0.143 e.